The Morgan fingerprint density at radius 2 is 0.817 bits per heavy atom. The quantitative estimate of drug-likeness (QED) is 0.0197. The molecule has 0 rings (SSSR count). The minimum atomic E-state index is -4.55. The third-order valence-electron chi connectivity index (χ3n) is 12.5. The summed E-state index contributed by atoms with van der Waals surface area (Å²) in [6, 6.07) is 0. The van der Waals surface area contributed by atoms with Gasteiger partial charge >= 0.3 is 5.97 Å². The first kappa shape index (κ1) is 68.7. The molecule has 0 saturated heterocycles. The molecule has 0 aliphatic rings. The normalized spacial score (nSPS) is 14.1. The maximum atomic E-state index is 12.8. The zero-order valence-electron chi connectivity index (χ0n) is 46.9. The van der Waals surface area contributed by atoms with Gasteiger partial charge in [0.15, 0.2) is 0 Å². The van der Waals surface area contributed by atoms with E-state index in [4.69, 9.17) is 18.5 Å². The molecule has 0 saturated carbocycles. The molecular weight excluding hydrogens is 902 g/mol. The van der Waals surface area contributed by atoms with E-state index in [1.54, 1.807) is 0 Å². The Morgan fingerprint density at radius 3 is 1.23 bits per heavy atom. The van der Waals surface area contributed by atoms with Gasteiger partial charge in [0.2, 0.25) is 0 Å². The zero-order chi connectivity index (χ0) is 51.9. The highest BCUT2D eigenvalue weighted by molar-refractivity contribution is 7.45. The van der Waals surface area contributed by atoms with Gasteiger partial charge < -0.3 is 27.9 Å². The predicted molar refractivity (Wildman–Crippen MR) is 305 cm³/mol. The first-order chi connectivity index (χ1) is 34.6. The van der Waals surface area contributed by atoms with E-state index >= 15 is 0 Å². The van der Waals surface area contributed by atoms with Crippen LogP contribution in [0.5, 0.6) is 0 Å². The number of rotatable bonds is 54. The fourth-order valence-electron chi connectivity index (χ4n) is 8.00. The van der Waals surface area contributed by atoms with Crippen molar-refractivity contribution in [1.29, 1.82) is 0 Å². The molecule has 0 aromatic rings. The molecule has 0 aromatic heterocycles. The Kier molecular flexibility index (Phi) is 52.2. The Hall–Kier alpha value is -2.32. The smallest absolute Gasteiger partial charge is 0.306 e. The first-order valence-electron chi connectivity index (χ1n) is 29.3. The minimum absolute atomic E-state index is 0.0179. The van der Waals surface area contributed by atoms with E-state index in [-0.39, 0.29) is 25.8 Å². The maximum absolute atomic E-state index is 12.8. The van der Waals surface area contributed by atoms with E-state index in [1.165, 1.54) is 128 Å². The number of esters is 1. The van der Waals surface area contributed by atoms with E-state index in [2.05, 4.69) is 98.9 Å². The average molecular weight is 1010 g/mol. The molecule has 0 aromatic carbocycles. The predicted octanol–water partition coefficient (Wildman–Crippen LogP) is 18.1. The minimum Gasteiger partial charge on any atom is -0.756 e. The third kappa shape index (κ3) is 58.4. The number of hydrogen-bond acceptors (Lipinski definition) is 7. The molecule has 0 bridgehead atoms. The second-order valence-corrected chi connectivity index (χ2v) is 22.0. The fourth-order valence-corrected chi connectivity index (χ4v) is 8.73. The Morgan fingerprint density at radius 1 is 0.451 bits per heavy atom. The van der Waals surface area contributed by atoms with Gasteiger partial charge in [-0.1, -0.05) is 253 Å². The van der Waals surface area contributed by atoms with E-state index in [1.807, 2.05) is 21.1 Å². The Bertz CT molecular complexity index is 1410. The maximum Gasteiger partial charge on any atom is 0.306 e. The van der Waals surface area contributed by atoms with E-state index in [0.717, 1.165) is 96.3 Å². The number of ether oxygens (including phenoxy) is 2. The molecule has 0 fully saturated rings. The summed E-state index contributed by atoms with van der Waals surface area (Å²) in [4.78, 5) is 25.3. The van der Waals surface area contributed by atoms with Gasteiger partial charge in [0.05, 0.1) is 34.4 Å². The van der Waals surface area contributed by atoms with Gasteiger partial charge in [0.1, 0.15) is 19.3 Å². The van der Waals surface area contributed by atoms with Gasteiger partial charge in [-0.2, -0.15) is 0 Å². The molecule has 0 aliphatic heterocycles. The molecule has 0 amide bonds. The monoisotopic (exact) mass is 1010 g/mol. The van der Waals surface area contributed by atoms with Gasteiger partial charge in [0.25, 0.3) is 7.82 Å². The lowest BCUT2D eigenvalue weighted by atomic mass is 10.0. The van der Waals surface area contributed by atoms with Crippen LogP contribution in [0.25, 0.3) is 0 Å². The molecule has 2 unspecified atom stereocenters. The summed E-state index contributed by atoms with van der Waals surface area (Å²) in [7, 11) is 1.34. The molecular formula is C62H112NO7P. The number of phosphoric acid groups is 1. The molecule has 0 spiro atoms. The molecule has 0 heterocycles. The average Bonchev–Trinajstić information content (AvgIpc) is 3.33. The number of hydrogen-bond donors (Lipinski definition) is 0. The highest BCUT2D eigenvalue weighted by Crippen LogP contribution is 2.38. The van der Waals surface area contributed by atoms with E-state index < -0.39 is 13.9 Å². The summed E-state index contributed by atoms with van der Waals surface area (Å²) in [5, 5.41) is 0. The van der Waals surface area contributed by atoms with Gasteiger partial charge in [-0.25, -0.2) is 0 Å². The number of nitrogens with zero attached hydrogens (tertiary/aromatic N) is 1. The van der Waals surface area contributed by atoms with Crippen LogP contribution in [-0.2, 0) is 27.9 Å². The summed E-state index contributed by atoms with van der Waals surface area (Å²) in [5.41, 5.74) is 0. The van der Waals surface area contributed by atoms with Crippen molar-refractivity contribution in [3.8, 4) is 0 Å². The van der Waals surface area contributed by atoms with Gasteiger partial charge in [-0.15, -0.1) is 0 Å². The van der Waals surface area contributed by atoms with Crippen LogP contribution in [0.3, 0.4) is 0 Å². The zero-order valence-corrected chi connectivity index (χ0v) is 47.8. The molecule has 0 aliphatic carbocycles. The standard InChI is InChI=1S/C62H112NO7P/c1-6-8-10-12-14-16-18-20-22-24-26-28-30-31-32-34-36-38-40-42-44-46-48-50-52-54-57-67-59-61(60-69-71(65,66)68-58-56-63(3,4)5)70-62(64)55-53-51-49-47-45-43-41-39-37-35-33-29-27-25-23-21-19-17-15-13-11-9-7-2/h8,10,14,16,20,22,26,28,31-32,36,38,42,44,61H,6-7,9,11-13,15,17-19,21,23-25,27,29-30,33-35,37,39-41,43,45-60H2,1-5H3/b10-8-,16-14-,22-20-,28-26-,32-31-,38-36-,44-42-. The highest BCUT2D eigenvalue weighted by Gasteiger charge is 2.20. The van der Waals surface area contributed by atoms with Crippen LogP contribution < -0.4 is 4.89 Å². The van der Waals surface area contributed by atoms with Crippen molar-refractivity contribution >= 4 is 13.8 Å². The third-order valence-corrected chi connectivity index (χ3v) is 13.4. The molecule has 2 atom stereocenters. The Balaban J connectivity index is 4.14. The topological polar surface area (TPSA) is 94.1 Å². The van der Waals surface area contributed by atoms with Crippen LogP contribution in [-0.4, -0.2) is 70.7 Å². The lowest BCUT2D eigenvalue weighted by Gasteiger charge is -2.28. The molecule has 412 valence electrons. The number of phosphoric ester groups is 1. The van der Waals surface area contributed by atoms with Gasteiger partial charge in [0, 0.05) is 13.0 Å². The molecule has 71 heavy (non-hydrogen) atoms. The Labute approximate surface area is 439 Å². The summed E-state index contributed by atoms with van der Waals surface area (Å²) in [6.07, 6.45) is 73.4. The molecule has 0 N–H and O–H groups in total. The van der Waals surface area contributed by atoms with Crippen molar-refractivity contribution in [3.63, 3.8) is 0 Å². The summed E-state index contributed by atoms with van der Waals surface area (Å²) in [6.45, 7) is 5.26. The number of carbonyl (C=O) groups is 1. The van der Waals surface area contributed by atoms with Gasteiger partial charge in [-0.05, 0) is 70.6 Å². The summed E-state index contributed by atoms with van der Waals surface area (Å²) < 4.78 is 34.8. The first-order valence-corrected chi connectivity index (χ1v) is 30.8. The second-order valence-electron chi connectivity index (χ2n) is 20.6. The largest absolute Gasteiger partial charge is 0.756 e. The van der Waals surface area contributed by atoms with E-state index in [9.17, 15) is 14.3 Å². The van der Waals surface area contributed by atoms with Crippen LogP contribution in [0.15, 0.2) is 85.1 Å². The van der Waals surface area contributed by atoms with Crippen molar-refractivity contribution in [3.05, 3.63) is 85.1 Å². The number of carbonyl (C=O) groups excluding carboxylic acids is 1. The molecule has 8 nitrogen and oxygen atoms in total. The van der Waals surface area contributed by atoms with Crippen molar-refractivity contribution in [2.24, 2.45) is 0 Å². The van der Waals surface area contributed by atoms with Crippen molar-refractivity contribution < 1.29 is 37.3 Å². The summed E-state index contributed by atoms with van der Waals surface area (Å²) in [5.74, 6) is -0.341. The number of quaternary nitrogens is 1. The van der Waals surface area contributed by atoms with Crippen molar-refractivity contribution in [2.45, 2.75) is 251 Å². The lowest BCUT2D eigenvalue weighted by Crippen LogP contribution is -2.37. The van der Waals surface area contributed by atoms with Crippen molar-refractivity contribution in [2.75, 3.05) is 54.1 Å². The van der Waals surface area contributed by atoms with E-state index in [0.29, 0.717) is 24.1 Å². The van der Waals surface area contributed by atoms with Crippen molar-refractivity contribution in [1.82, 2.24) is 0 Å². The van der Waals surface area contributed by atoms with Crippen LogP contribution in [0.1, 0.15) is 245 Å². The number of allylic oxidation sites excluding steroid dienone is 14. The number of likely N-dealkylation sites (N-methyl/N-ethyl adjacent to an activating group) is 1. The van der Waals surface area contributed by atoms with Crippen LogP contribution in [0.4, 0.5) is 0 Å². The highest BCUT2D eigenvalue weighted by atomic mass is 31.2. The van der Waals surface area contributed by atoms with Crippen LogP contribution in [0, 0.1) is 0 Å². The van der Waals surface area contributed by atoms with Crippen LogP contribution >= 0.6 is 7.82 Å². The molecule has 0 radical (unpaired) electrons. The number of unbranched alkanes of at least 4 members (excludes halogenated alkanes) is 26. The second kappa shape index (κ2) is 54.0. The molecule has 9 heteroatoms. The van der Waals surface area contributed by atoms with Crippen LogP contribution in [0.2, 0.25) is 0 Å². The summed E-state index contributed by atoms with van der Waals surface area (Å²) >= 11 is 0. The SMILES string of the molecule is CC/C=C\C/C=C\C/C=C\C/C=C\C/C=C\C/C=C\C/C=C\CCCCCCOCC(COP(=O)([O-])OCC[N+](C)(C)C)OC(=O)CCCCCCCCCCCCCCCCCCCCCCCCC. The lowest BCUT2D eigenvalue weighted by molar-refractivity contribution is -0.870. The fraction of sp³-hybridized carbons (Fsp3) is 0.758. The van der Waals surface area contributed by atoms with Gasteiger partial charge in [-0.3, -0.25) is 9.36 Å².